The summed E-state index contributed by atoms with van der Waals surface area (Å²) >= 11 is 5.88. The molecule has 1 amide bonds. The SMILES string of the molecule is CC1CC1CN(C)CC(=O)Nc1cc(Cl)ccc1N. The van der Waals surface area contributed by atoms with Gasteiger partial charge in [0.1, 0.15) is 0 Å². The summed E-state index contributed by atoms with van der Waals surface area (Å²) in [5.74, 6) is 1.48. The van der Waals surface area contributed by atoms with Crippen molar-refractivity contribution in [2.75, 3.05) is 31.2 Å². The minimum atomic E-state index is -0.0650. The third-order valence-electron chi connectivity index (χ3n) is 3.53. The van der Waals surface area contributed by atoms with Gasteiger partial charge < -0.3 is 11.1 Å². The summed E-state index contributed by atoms with van der Waals surface area (Å²) in [6, 6.07) is 5.05. The molecule has 0 aromatic heterocycles. The first-order chi connectivity index (χ1) is 8.95. The normalized spacial score (nSPS) is 21.5. The number of likely N-dealkylation sites (N-methyl/N-ethyl adjacent to an activating group) is 1. The number of nitrogen functional groups attached to an aromatic ring is 1. The number of anilines is 2. The number of rotatable bonds is 5. The van der Waals surface area contributed by atoms with Crippen molar-refractivity contribution < 1.29 is 4.79 Å². The summed E-state index contributed by atoms with van der Waals surface area (Å²) in [6.45, 7) is 3.58. The fourth-order valence-corrected chi connectivity index (χ4v) is 2.36. The van der Waals surface area contributed by atoms with Gasteiger partial charge in [-0.3, -0.25) is 9.69 Å². The molecule has 1 saturated carbocycles. The lowest BCUT2D eigenvalue weighted by molar-refractivity contribution is -0.117. The van der Waals surface area contributed by atoms with Crippen LogP contribution in [-0.4, -0.2) is 30.9 Å². The maximum absolute atomic E-state index is 11.9. The van der Waals surface area contributed by atoms with Crippen molar-refractivity contribution >= 4 is 28.9 Å². The molecule has 1 aromatic rings. The van der Waals surface area contributed by atoms with Crippen LogP contribution < -0.4 is 11.1 Å². The maximum Gasteiger partial charge on any atom is 0.238 e. The zero-order chi connectivity index (χ0) is 14.0. The van der Waals surface area contributed by atoms with Crippen LogP contribution in [0.25, 0.3) is 0 Å². The lowest BCUT2D eigenvalue weighted by Crippen LogP contribution is -2.32. The topological polar surface area (TPSA) is 58.4 Å². The highest BCUT2D eigenvalue weighted by atomic mass is 35.5. The molecule has 0 aliphatic heterocycles. The predicted molar refractivity (Wildman–Crippen MR) is 79.3 cm³/mol. The van der Waals surface area contributed by atoms with Crippen LogP contribution in [0.1, 0.15) is 13.3 Å². The third-order valence-corrected chi connectivity index (χ3v) is 3.76. The van der Waals surface area contributed by atoms with E-state index in [2.05, 4.69) is 12.2 Å². The number of amides is 1. The summed E-state index contributed by atoms with van der Waals surface area (Å²) in [5.41, 5.74) is 6.89. The molecule has 5 heteroatoms. The quantitative estimate of drug-likeness (QED) is 0.815. The molecule has 1 aliphatic carbocycles. The molecule has 19 heavy (non-hydrogen) atoms. The average molecular weight is 282 g/mol. The van der Waals surface area contributed by atoms with E-state index in [4.69, 9.17) is 17.3 Å². The number of carbonyl (C=O) groups excluding carboxylic acids is 1. The monoisotopic (exact) mass is 281 g/mol. The van der Waals surface area contributed by atoms with E-state index in [1.807, 2.05) is 11.9 Å². The Labute approximate surface area is 118 Å². The summed E-state index contributed by atoms with van der Waals surface area (Å²) in [6.07, 6.45) is 1.27. The first-order valence-electron chi connectivity index (χ1n) is 6.49. The van der Waals surface area contributed by atoms with Gasteiger partial charge in [0.2, 0.25) is 5.91 Å². The fraction of sp³-hybridized carbons (Fsp3) is 0.500. The Morgan fingerprint density at radius 2 is 2.26 bits per heavy atom. The van der Waals surface area contributed by atoms with Crippen LogP contribution in [0, 0.1) is 11.8 Å². The summed E-state index contributed by atoms with van der Waals surface area (Å²) in [7, 11) is 1.96. The fourth-order valence-electron chi connectivity index (χ4n) is 2.19. The van der Waals surface area contributed by atoms with Gasteiger partial charge in [0.25, 0.3) is 0 Å². The molecule has 104 valence electrons. The molecule has 2 unspecified atom stereocenters. The molecular formula is C14H20ClN3O. The van der Waals surface area contributed by atoms with E-state index < -0.39 is 0 Å². The van der Waals surface area contributed by atoms with E-state index in [0.717, 1.165) is 18.4 Å². The number of nitrogens with one attached hydrogen (secondary N) is 1. The van der Waals surface area contributed by atoms with E-state index in [0.29, 0.717) is 22.9 Å². The number of benzene rings is 1. The van der Waals surface area contributed by atoms with E-state index in [1.165, 1.54) is 6.42 Å². The van der Waals surface area contributed by atoms with E-state index in [-0.39, 0.29) is 5.91 Å². The lowest BCUT2D eigenvalue weighted by atomic mass is 10.2. The number of carbonyl (C=O) groups is 1. The minimum Gasteiger partial charge on any atom is -0.397 e. The smallest absolute Gasteiger partial charge is 0.238 e. The second kappa shape index (κ2) is 5.80. The maximum atomic E-state index is 11.9. The van der Waals surface area contributed by atoms with Gasteiger partial charge in [-0.25, -0.2) is 0 Å². The van der Waals surface area contributed by atoms with Crippen LogP contribution in [0.2, 0.25) is 5.02 Å². The van der Waals surface area contributed by atoms with Crippen LogP contribution in [-0.2, 0) is 4.79 Å². The zero-order valence-electron chi connectivity index (χ0n) is 11.3. The van der Waals surface area contributed by atoms with Gasteiger partial charge in [-0.15, -0.1) is 0 Å². The third kappa shape index (κ3) is 4.11. The van der Waals surface area contributed by atoms with Gasteiger partial charge in [0, 0.05) is 11.6 Å². The molecule has 2 atom stereocenters. The van der Waals surface area contributed by atoms with Crippen molar-refractivity contribution in [2.24, 2.45) is 11.8 Å². The Bertz CT molecular complexity index is 478. The summed E-state index contributed by atoms with van der Waals surface area (Å²) in [5, 5.41) is 3.36. The summed E-state index contributed by atoms with van der Waals surface area (Å²) in [4.78, 5) is 14.0. The largest absolute Gasteiger partial charge is 0.397 e. The Morgan fingerprint density at radius 1 is 1.58 bits per heavy atom. The Morgan fingerprint density at radius 3 is 2.89 bits per heavy atom. The van der Waals surface area contributed by atoms with Gasteiger partial charge in [-0.1, -0.05) is 18.5 Å². The van der Waals surface area contributed by atoms with Crippen LogP contribution >= 0.6 is 11.6 Å². The number of nitrogens with two attached hydrogens (primary N) is 1. The van der Waals surface area contributed by atoms with Gasteiger partial charge in [-0.05, 0) is 43.5 Å². The molecular weight excluding hydrogens is 262 g/mol. The van der Waals surface area contributed by atoms with Crippen molar-refractivity contribution in [1.82, 2.24) is 4.90 Å². The second-order valence-electron chi connectivity index (χ2n) is 5.45. The summed E-state index contributed by atoms with van der Waals surface area (Å²) < 4.78 is 0. The molecule has 2 rings (SSSR count). The molecule has 0 saturated heterocycles. The Balaban J connectivity index is 1.84. The van der Waals surface area contributed by atoms with E-state index in [1.54, 1.807) is 18.2 Å². The van der Waals surface area contributed by atoms with Crippen LogP contribution in [0.5, 0.6) is 0 Å². The highest BCUT2D eigenvalue weighted by Gasteiger charge is 2.33. The standard InChI is InChI=1S/C14H20ClN3O/c1-9-5-10(9)7-18(2)8-14(19)17-13-6-11(15)3-4-12(13)16/h3-4,6,9-10H,5,7-8,16H2,1-2H3,(H,17,19). The minimum absolute atomic E-state index is 0.0650. The Hall–Kier alpha value is -1.26. The van der Waals surface area contributed by atoms with E-state index in [9.17, 15) is 4.79 Å². The Kier molecular flexibility index (Phi) is 4.32. The highest BCUT2D eigenvalue weighted by molar-refractivity contribution is 6.31. The van der Waals surface area contributed by atoms with Crippen molar-refractivity contribution in [3.63, 3.8) is 0 Å². The number of hydrogen-bond acceptors (Lipinski definition) is 3. The number of nitrogens with zero attached hydrogens (tertiary/aromatic N) is 1. The van der Waals surface area contributed by atoms with Crippen molar-refractivity contribution in [1.29, 1.82) is 0 Å². The van der Waals surface area contributed by atoms with Crippen molar-refractivity contribution in [2.45, 2.75) is 13.3 Å². The number of halogens is 1. The first kappa shape index (κ1) is 14.2. The van der Waals surface area contributed by atoms with E-state index >= 15 is 0 Å². The van der Waals surface area contributed by atoms with Crippen LogP contribution in [0.15, 0.2) is 18.2 Å². The molecule has 1 fully saturated rings. The average Bonchev–Trinajstić information content (AvgIpc) is 2.99. The van der Waals surface area contributed by atoms with Gasteiger partial charge in [0.15, 0.2) is 0 Å². The molecule has 0 spiro atoms. The van der Waals surface area contributed by atoms with Crippen LogP contribution in [0.3, 0.4) is 0 Å². The highest BCUT2D eigenvalue weighted by Crippen LogP contribution is 2.37. The van der Waals surface area contributed by atoms with Crippen LogP contribution in [0.4, 0.5) is 11.4 Å². The molecule has 1 aliphatic rings. The first-order valence-corrected chi connectivity index (χ1v) is 6.87. The number of hydrogen-bond donors (Lipinski definition) is 2. The molecule has 0 heterocycles. The molecule has 1 aromatic carbocycles. The van der Waals surface area contributed by atoms with Gasteiger partial charge in [-0.2, -0.15) is 0 Å². The van der Waals surface area contributed by atoms with Gasteiger partial charge in [0.05, 0.1) is 17.9 Å². The molecule has 0 radical (unpaired) electrons. The lowest BCUT2D eigenvalue weighted by Gasteiger charge is -2.16. The molecule has 0 bridgehead atoms. The van der Waals surface area contributed by atoms with Gasteiger partial charge >= 0.3 is 0 Å². The van der Waals surface area contributed by atoms with Crippen molar-refractivity contribution in [3.05, 3.63) is 23.2 Å². The van der Waals surface area contributed by atoms with Crippen molar-refractivity contribution in [3.8, 4) is 0 Å². The molecule has 4 nitrogen and oxygen atoms in total. The predicted octanol–water partition coefficient (Wildman–Crippen LogP) is 2.45. The second-order valence-corrected chi connectivity index (χ2v) is 5.89. The molecule has 3 N–H and O–H groups in total. The zero-order valence-corrected chi connectivity index (χ0v) is 12.1.